The van der Waals surface area contributed by atoms with Crippen LogP contribution in [0.25, 0.3) is 0 Å². The molecule has 1 heterocycles. The van der Waals surface area contributed by atoms with Gasteiger partial charge in [0.1, 0.15) is 0 Å². The third-order valence-electron chi connectivity index (χ3n) is 2.70. The second-order valence-corrected chi connectivity index (χ2v) is 4.92. The molecule has 0 amide bonds. The number of thiazole rings is 1. The predicted octanol–water partition coefficient (Wildman–Crippen LogP) is 2.40. The van der Waals surface area contributed by atoms with E-state index in [9.17, 15) is 0 Å². The SMILES string of the molecule is CCOC(CC)C(Cc1csc(C)n1)NC. The Bertz CT molecular complexity index is 301. The molecule has 1 rings (SSSR count). The molecular formula is C12H22N2OS. The Kier molecular flexibility index (Phi) is 5.95. The number of rotatable bonds is 7. The Morgan fingerprint density at radius 3 is 2.69 bits per heavy atom. The number of nitrogens with one attached hydrogen (secondary N) is 1. The average molecular weight is 242 g/mol. The molecule has 0 fully saturated rings. The summed E-state index contributed by atoms with van der Waals surface area (Å²) in [6.45, 7) is 7.02. The van der Waals surface area contributed by atoms with Crippen molar-refractivity contribution >= 4 is 11.3 Å². The van der Waals surface area contributed by atoms with Crippen LogP contribution in [0.2, 0.25) is 0 Å². The quantitative estimate of drug-likeness (QED) is 0.797. The summed E-state index contributed by atoms with van der Waals surface area (Å²) in [5.41, 5.74) is 1.17. The Morgan fingerprint density at radius 1 is 1.50 bits per heavy atom. The van der Waals surface area contributed by atoms with E-state index in [1.54, 1.807) is 11.3 Å². The maximum Gasteiger partial charge on any atom is 0.0897 e. The van der Waals surface area contributed by atoms with Crippen LogP contribution < -0.4 is 5.32 Å². The number of aryl methyl sites for hydroxylation is 1. The van der Waals surface area contributed by atoms with E-state index in [-0.39, 0.29) is 6.10 Å². The van der Waals surface area contributed by atoms with Gasteiger partial charge in [0.15, 0.2) is 0 Å². The fourth-order valence-electron chi connectivity index (χ4n) is 1.88. The Hall–Kier alpha value is -0.450. The molecule has 92 valence electrons. The van der Waals surface area contributed by atoms with Crippen molar-refractivity contribution in [3.63, 3.8) is 0 Å². The van der Waals surface area contributed by atoms with E-state index in [1.807, 2.05) is 20.9 Å². The lowest BCUT2D eigenvalue weighted by molar-refractivity contribution is 0.0337. The molecule has 0 spiro atoms. The van der Waals surface area contributed by atoms with Crippen LogP contribution in [0.4, 0.5) is 0 Å². The van der Waals surface area contributed by atoms with E-state index >= 15 is 0 Å². The van der Waals surface area contributed by atoms with Gasteiger partial charge in [0.05, 0.1) is 16.8 Å². The molecule has 0 aromatic carbocycles. The fraction of sp³-hybridized carbons (Fsp3) is 0.750. The van der Waals surface area contributed by atoms with Crippen LogP contribution in [0.15, 0.2) is 5.38 Å². The molecule has 3 nitrogen and oxygen atoms in total. The Labute approximate surface area is 102 Å². The van der Waals surface area contributed by atoms with Crippen LogP contribution in [-0.4, -0.2) is 30.8 Å². The first-order valence-corrected chi connectivity index (χ1v) is 6.79. The largest absolute Gasteiger partial charge is 0.377 e. The first-order chi connectivity index (χ1) is 7.71. The van der Waals surface area contributed by atoms with Gasteiger partial charge < -0.3 is 10.1 Å². The van der Waals surface area contributed by atoms with E-state index in [2.05, 4.69) is 22.6 Å². The summed E-state index contributed by atoms with van der Waals surface area (Å²) in [5.74, 6) is 0. The van der Waals surface area contributed by atoms with E-state index in [0.717, 1.165) is 24.5 Å². The number of nitrogens with zero attached hydrogens (tertiary/aromatic N) is 1. The van der Waals surface area contributed by atoms with Gasteiger partial charge in [0.25, 0.3) is 0 Å². The molecule has 0 aliphatic heterocycles. The van der Waals surface area contributed by atoms with Gasteiger partial charge in [-0.1, -0.05) is 6.92 Å². The van der Waals surface area contributed by atoms with Crippen molar-refractivity contribution < 1.29 is 4.74 Å². The van der Waals surface area contributed by atoms with Crippen LogP contribution >= 0.6 is 11.3 Å². The summed E-state index contributed by atoms with van der Waals surface area (Å²) in [6.07, 6.45) is 2.25. The zero-order valence-corrected chi connectivity index (χ0v) is 11.4. The van der Waals surface area contributed by atoms with Crippen LogP contribution in [0.5, 0.6) is 0 Å². The van der Waals surface area contributed by atoms with Gasteiger partial charge in [0.2, 0.25) is 0 Å². The molecule has 0 radical (unpaired) electrons. The predicted molar refractivity (Wildman–Crippen MR) is 69.1 cm³/mol. The monoisotopic (exact) mass is 242 g/mol. The number of aromatic nitrogens is 1. The summed E-state index contributed by atoms with van der Waals surface area (Å²) >= 11 is 1.71. The molecule has 2 atom stereocenters. The van der Waals surface area contributed by atoms with Gasteiger partial charge in [-0.15, -0.1) is 11.3 Å². The second-order valence-electron chi connectivity index (χ2n) is 3.86. The lowest BCUT2D eigenvalue weighted by Crippen LogP contribution is -2.40. The van der Waals surface area contributed by atoms with Gasteiger partial charge in [-0.25, -0.2) is 4.98 Å². The van der Waals surface area contributed by atoms with Crippen molar-refractivity contribution in [2.24, 2.45) is 0 Å². The summed E-state index contributed by atoms with van der Waals surface area (Å²) in [4.78, 5) is 4.50. The first-order valence-electron chi connectivity index (χ1n) is 5.91. The van der Waals surface area contributed by atoms with E-state index in [1.165, 1.54) is 5.69 Å². The number of hydrogen-bond donors (Lipinski definition) is 1. The van der Waals surface area contributed by atoms with Crippen LogP contribution in [0.3, 0.4) is 0 Å². The summed E-state index contributed by atoms with van der Waals surface area (Å²) in [6, 6.07) is 0.353. The Balaban J connectivity index is 2.59. The highest BCUT2D eigenvalue weighted by Gasteiger charge is 2.19. The van der Waals surface area contributed by atoms with Crippen LogP contribution in [-0.2, 0) is 11.2 Å². The normalized spacial score (nSPS) is 15.0. The number of hydrogen-bond acceptors (Lipinski definition) is 4. The van der Waals surface area contributed by atoms with Gasteiger partial charge >= 0.3 is 0 Å². The van der Waals surface area contributed by atoms with Crippen LogP contribution in [0, 0.1) is 6.92 Å². The molecule has 0 aliphatic carbocycles. The molecule has 4 heteroatoms. The smallest absolute Gasteiger partial charge is 0.0897 e. The van der Waals surface area contributed by atoms with Gasteiger partial charge in [0, 0.05) is 24.4 Å². The maximum atomic E-state index is 5.74. The molecule has 0 bridgehead atoms. The third-order valence-corrected chi connectivity index (χ3v) is 3.52. The highest BCUT2D eigenvalue weighted by molar-refractivity contribution is 7.09. The van der Waals surface area contributed by atoms with Crippen molar-refractivity contribution in [1.82, 2.24) is 10.3 Å². The molecule has 1 N–H and O–H groups in total. The topological polar surface area (TPSA) is 34.1 Å². The standard InChI is InChI=1S/C12H22N2OS/c1-5-12(15-6-2)11(13-4)7-10-8-16-9(3)14-10/h8,11-13H,5-7H2,1-4H3. The molecule has 2 unspecified atom stereocenters. The zero-order valence-electron chi connectivity index (χ0n) is 10.6. The average Bonchev–Trinajstić information content (AvgIpc) is 2.69. The van der Waals surface area contributed by atoms with E-state index in [0.29, 0.717) is 6.04 Å². The van der Waals surface area contributed by atoms with Gasteiger partial charge in [-0.3, -0.25) is 0 Å². The van der Waals surface area contributed by atoms with Crippen molar-refractivity contribution in [1.29, 1.82) is 0 Å². The third kappa shape index (κ3) is 3.85. The molecular weight excluding hydrogens is 220 g/mol. The highest BCUT2D eigenvalue weighted by atomic mass is 32.1. The number of ether oxygens (including phenoxy) is 1. The first kappa shape index (κ1) is 13.6. The summed E-state index contributed by atoms with van der Waals surface area (Å²) in [5, 5.41) is 6.61. The second kappa shape index (κ2) is 6.99. The minimum atomic E-state index is 0.275. The summed E-state index contributed by atoms with van der Waals surface area (Å²) < 4.78 is 5.74. The van der Waals surface area contributed by atoms with E-state index < -0.39 is 0 Å². The van der Waals surface area contributed by atoms with Crippen LogP contribution in [0.1, 0.15) is 31.0 Å². The molecule has 0 saturated heterocycles. The highest BCUT2D eigenvalue weighted by Crippen LogP contribution is 2.14. The van der Waals surface area contributed by atoms with Gasteiger partial charge in [-0.2, -0.15) is 0 Å². The van der Waals surface area contributed by atoms with Crippen molar-refractivity contribution in [2.45, 2.75) is 45.8 Å². The Morgan fingerprint density at radius 2 is 2.25 bits per heavy atom. The molecule has 1 aromatic heterocycles. The number of likely N-dealkylation sites (N-methyl/N-ethyl adjacent to an activating group) is 1. The molecule has 1 aromatic rings. The lowest BCUT2D eigenvalue weighted by Gasteiger charge is -2.25. The maximum absolute atomic E-state index is 5.74. The minimum absolute atomic E-state index is 0.275. The summed E-state index contributed by atoms with van der Waals surface area (Å²) in [7, 11) is 1.99. The minimum Gasteiger partial charge on any atom is -0.377 e. The lowest BCUT2D eigenvalue weighted by atomic mass is 10.0. The van der Waals surface area contributed by atoms with Crippen molar-refractivity contribution in [3.05, 3.63) is 16.1 Å². The molecule has 16 heavy (non-hydrogen) atoms. The van der Waals surface area contributed by atoms with Crippen molar-refractivity contribution in [2.75, 3.05) is 13.7 Å². The fourth-order valence-corrected chi connectivity index (χ4v) is 2.50. The van der Waals surface area contributed by atoms with Gasteiger partial charge in [-0.05, 0) is 27.3 Å². The zero-order chi connectivity index (χ0) is 12.0. The van der Waals surface area contributed by atoms with E-state index in [4.69, 9.17) is 4.74 Å². The molecule has 0 aliphatic rings. The molecule has 0 saturated carbocycles. The van der Waals surface area contributed by atoms with Crippen molar-refractivity contribution in [3.8, 4) is 0 Å².